The number of aliphatic hydroxyl groups is 1. The van der Waals surface area contributed by atoms with E-state index >= 15 is 0 Å². The van der Waals surface area contributed by atoms with Crippen molar-refractivity contribution in [2.24, 2.45) is 5.92 Å². The maximum atomic E-state index is 13.0. The lowest BCUT2D eigenvalue weighted by Crippen LogP contribution is -2.52. The molecule has 2 aliphatic heterocycles. The first-order valence-corrected chi connectivity index (χ1v) is 11.9. The van der Waals surface area contributed by atoms with Crippen LogP contribution < -0.4 is 5.56 Å². The number of rotatable bonds is 5. The van der Waals surface area contributed by atoms with Gasteiger partial charge in [-0.3, -0.25) is 19.1 Å². The molecule has 0 aliphatic carbocycles. The Balaban J connectivity index is 1.38. The smallest absolute Gasteiger partial charge is 0.262 e. The molecular weight excluding hydrogens is 416 g/mol. The number of amides is 1. The zero-order chi connectivity index (χ0) is 22.2. The predicted octanol–water partition coefficient (Wildman–Crippen LogP) is 1.40. The lowest BCUT2D eigenvalue weighted by Gasteiger charge is -2.39. The molecule has 0 radical (unpaired) electrons. The van der Waals surface area contributed by atoms with Crippen molar-refractivity contribution < 1.29 is 14.6 Å². The minimum Gasteiger partial charge on any atom is -0.388 e. The quantitative estimate of drug-likeness (QED) is 0.744. The van der Waals surface area contributed by atoms with Crippen LogP contribution in [0.5, 0.6) is 0 Å². The molecule has 9 heteroatoms. The molecule has 0 unspecified atom stereocenters. The number of ether oxygens (including phenoxy) is 1. The monoisotopic (exact) mass is 448 g/mol. The third kappa shape index (κ3) is 4.69. The normalized spacial score (nSPS) is 20.8. The van der Waals surface area contributed by atoms with Crippen LogP contribution in [0.2, 0.25) is 0 Å². The summed E-state index contributed by atoms with van der Waals surface area (Å²) in [6.45, 7) is 11.0. The van der Waals surface area contributed by atoms with Crippen LogP contribution in [0.25, 0.3) is 10.2 Å². The number of hydrogen-bond acceptors (Lipinski definition) is 7. The highest BCUT2D eigenvalue weighted by molar-refractivity contribution is 7.18. The summed E-state index contributed by atoms with van der Waals surface area (Å²) in [6.07, 6.45) is 2.45. The van der Waals surface area contributed by atoms with Crippen molar-refractivity contribution in [3.63, 3.8) is 0 Å². The highest BCUT2D eigenvalue weighted by Gasteiger charge is 2.36. The number of piperidine rings is 1. The lowest BCUT2D eigenvalue weighted by molar-refractivity contribution is -0.140. The van der Waals surface area contributed by atoms with E-state index in [0.717, 1.165) is 48.1 Å². The molecule has 2 aromatic heterocycles. The molecule has 2 aliphatic rings. The molecule has 0 bridgehead atoms. The average Bonchev–Trinajstić information content (AvgIpc) is 3.05. The Bertz CT molecular complexity index is 1000. The number of carbonyl (C=O) groups excluding carboxylic acids is 1. The highest BCUT2D eigenvalue weighted by atomic mass is 32.1. The van der Waals surface area contributed by atoms with Gasteiger partial charge in [0.05, 0.1) is 37.1 Å². The van der Waals surface area contributed by atoms with Crippen LogP contribution >= 0.6 is 11.3 Å². The number of aryl methyl sites for hydroxylation is 2. The molecule has 0 spiro atoms. The van der Waals surface area contributed by atoms with E-state index in [1.54, 1.807) is 6.33 Å². The summed E-state index contributed by atoms with van der Waals surface area (Å²) < 4.78 is 6.90. The molecule has 2 aromatic rings. The van der Waals surface area contributed by atoms with E-state index < -0.39 is 5.60 Å². The Morgan fingerprint density at radius 3 is 2.61 bits per heavy atom. The first-order chi connectivity index (χ1) is 14.8. The second kappa shape index (κ2) is 8.97. The largest absolute Gasteiger partial charge is 0.388 e. The molecule has 4 rings (SSSR count). The van der Waals surface area contributed by atoms with Crippen LogP contribution in [0.1, 0.15) is 30.2 Å². The van der Waals surface area contributed by atoms with Gasteiger partial charge in [0.15, 0.2) is 0 Å². The fraction of sp³-hybridized carbons (Fsp3) is 0.682. The molecule has 8 nitrogen and oxygen atoms in total. The Morgan fingerprint density at radius 2 is 1.94 bits per heavy atom. The molecule has 2 fully saturated rings. The Morgan fingerprint density at radius 1 is 1.26 bits per heavy atom. The third-order valence-electron chi connectivity index (χ3n) is 6.68. The topological polar surface area (TPSA) is 87.9 Å². The van der Waals surface area contributed by atoms with Gasteiger partial charge in [0.1, 0.15) is 4.83 Å². The van der Waals surface area contributed by atoms with E-state index in [1.807, 2.05) is 25.7 Å². The number of aromatic nitrogens is 2. The van der Waals surface area contributed by atoms with Crippen LogP contribution in [0, 0.1) is 19.8 Å². The zero-order valence-corrected chi connectivity index (χ0v) is 19.4. The molecule has 31 heavy (non-hydrogen) atoms. The number of carbonyl (C=O) groups is 1. The van der Waals surface area contributed by atoms with Crippen molar-refractivity contribution in [3.05, 3.63) is 27.1 Å². The van der Waals surface area contributed by atoms with Gasteiger partial charge >= 0.3 is 0 Å². The van der Waals surface area contributed by atoms with Crippen molar-refractivity contribution >= 4 is 27.5 Å². The highest BCUT2D eigenvalue weighted by Crippen LogP contribution is 2.28. The van der Waals surface area contributed by atoms with Gasteiger partial charge in [0.25, 0.3) is 5.56 Å². The average molecular weight is 449 g/mol. The first kappa shape index (κ1) is 22.4. The maximum absolute atomic E-state index is 13.0. The summed E-state index contributed by atoms with van der Waals surface area (Å²) in [5.74, 6) is 0.0569. The van der Waals surface area contributed by atoms with Crippen LogP contribution in [-0.2, 0) is 16.1 Å². The SMILES string of the molecule is Cc1sc2ncn(CC3(O)CCN(C(=O)[C@H](C)CN4CCOCC4)CC3)c(=O)c2c1C. The number of likely N-dealkylation sites (tertiary alicyclic amines) is 1. The van der Waals surface area contributed by atoms with Gasteiger partial charge in [-0.25, -0.2) is 4.98 Å². The molecule has 4 heterocycles. The molecule has 0 aromatic carbocycles. The summed E-state index contributed by atoms with van der Waals surface area (Å²) in [6, 6.07) is 0. The van der Waals surface area contributed by atoms with Crippen LogP contribution in [0.3, 0.4) is 0 Å². The van der Waals surface area contributed by atoms with Gasteiger partial charge < -0.3 is 14.7 Å². The molecule has 170 valence electrons. The molecule has 2 saturated heterocycles. The summed E-state index contributed by atoms with van der Waals surface area (Å²) in [7, 11) is 0. The van der Waals surface area contributed by atoms with Gasteiger partial charge in [-0.05, 0) is 32.3 Å². The predicted molar refractivity (Wildman–Crippen MR) is 121 cm³/mol. The second-order valence-electron chi connectivity index (χ2n) is 9.00. The fourth-order valence-electron chi connectivity index (χ4n) is 4.56. The number of hydrogen-bond donors (Lipinski definition) is 1. The van der Waals surface area contributed by atoms with Crippen molar-refractivity contribution in [1.29, 1.82) is 0 Å². The maximum Gasteiger partial charge on any atom is 0.262 e. The van der Waals surface area contributed by atoms with E-state index in [-0.39, 0.29) is 23.9 Å². The van der Waals surface area contributed by atoms with Gasteiger partial charge in [-0.15, -0.1) is 11.3 Å². The Labute approximate surface area is 186 Å². The van der Waals surface area contributed by atoms with E-state index in [9.17, 15) is 14.7 Å². The van der Waals surface area contributed by atoms with Gasteiger partial charge in [-0.1, -0.05) is 6.92 Å². The minimum atomic E-state index is -1.01. The summed E-state index contributed by atoms with van der Waals surface area (Å²) in [5.41, 5.74) is -0.144. The molecule has 1 atom stereocenters. The van der Waals surface area contributed by atoms with Crippen LogP contribution in [0.15, 0.2) is 11.1 Å². The third-order valence-corrected chi connectivity index (χ3v) is 7.80. The lowest BCUT2D eigenvalue weighted by atomic mass is 9.90. The Kier molecular flexibility index (Phi) is 6.48. The minimum absolute atomic E-state index is 0.0803. The zero-order valence-electron chi connectivity index (χ0n) is 18.6. The number of thiophene rings is 1. The number of fused-ring (bicyclic) bond motifs is 1. The summed E-state index contributed by atoms with van der Waals surface area (Å²) in [5, 5.41) is 11.8. The Hall–Kier alpha value is -1.81. The van der Waals surface area contributed by atoms with Crippen LogP contribution in [0.4, 0.5) is 0 Å². The molecular formula is C22H32N4O4S. The molecule has 0 saturated carbocycles. The fourth-order valence-corrected chi connectivity index (χ4v) is 5.55. The molecule has 1 N–H and O–H groups in total. The second-order valence-corrected chi connectivity index (χ2v) is 10.2. The van der Waals surface area contributed by atoms with Crippen molar-refractivity contribution in [2.45, 2.75) is 45.8 Å². The van der Waals surface area contributed by atoms with E-state index in [2.05, 4.69) is 9.88 Å². The van der Waals surface area contributed by atoms with Gasteiger partial charge in [-0.2, -0.15) is 0 Å². The standard InChI is InChI=1S/C22H32N4O4S/c1-15(12-24-8-10-30-11-9-24)20(27)25-6-4-22(29,5-7-25)13-26-14-23-19-18(21(26)28)16(2)17(3)31-19/h14-15,29H,4-13H2,1-3H3/t15-/m1/s1. The number of morpholine rings is 1. The molecule has 1 amide bonds. The summed E-state index contributed by atoms with van der Waals surface area (Å²) >= 11 is 1.52. The van der Waals surface area contributed by atoms with E-state index in [4.69, 9.17) is 4.74 Å². The van der Waals surface area contributed by atoms with E-state index in [1.165, 1.54) is 15.9 Å². The van der Waals surface area contributed by atoms with Crippen LogP contribution in [-0.4, -0.2) is 81.9 Å². The van der Waals surface area contributed by atoms with Crippen molar-refractivity contribution in [1.82, 2.24) is 19.4 Å². The van der Waals surface area contributed by atoms with Crippen molar-refractivity contribution in [2.75, 3.05) is 45.9 Å². The van der Waals surface area contributed by atoms with E-state index in [0.29, 0.717) is 31.3 Å². The van der Waals surface area contributed by atoms with Gasteiger partial charge in [0.2, 0.25) is 5.91 Å². The first-order valence-electron chi connectivity index (χ1n) is 11.0. The summed E-state index contributed by atoms with van der Waals surface area (Å²) in [4.78, 5) is 36.3. The number of nitrogens with zero attached hydrogens (tertiary/aromatic N) is 4. The van der Waals surface area contributed by atoms with Gasteiger partial charge in [0, 0.05) is 43.5 Å². The van der Waals surface area contributed by atoms with Crippen molar-refractivity contribution in [3.8, 4) is 0 Å².